The maximum absolute atomic E-state index is 12.3. The van der Waals surface area contributed by atoms with Crippen molar-refractivity contribution >= 4 is 6.03 Å². The van der Waals surface area contributed by atoms with E-state index in [4.69, 9.17) is 0 Å². The first kappa shape index (κ1) is 11.5. The summed E-state index contributed by atoms with van der Waals surface area (Å²) in [4.78, 5) is 20.5. The number of aromatic nitrogens is 1. The van der Waals surface area contributed by atoms with Crippen LogP contribution in [0.3, 0.4) is 0 Å². The van der Waals surface area contributed by atoms with Gasteiger partial charge in [0.05, 0.1) is 18.3 Å². The minimum Gasteiger partial charge on any atom is -0.317 e. The second kappa shape index (κ2) is 4.57. The molecule has 1 unspecified atom stereocenters. The molecule has 96 valence electrons. The highest BCUT2D eigenvalue weighted by atomic mass is 16.2. The van der Waals surface area contributed by atoms with Crippen LogP contribution in [0.1, 0.15) is 11.3 Å². The predicted octanol–water partition coefficient (Wildman–Crippen LogP) is 0.599. The first-order chi connectivity index (χ1) is 8.75. The lowest BCUT2D eigenvalue weighted by atomic mass is 10.2. The van der Waals surface area contributed by atoms with Crippen LogP contribution >= 0.6 is 0 Å². The van der Waals surface area contributed by atoms with Crippen molar-refractivity contribution in [2.24, 2.45) is 0 Å². The summed E-state index contributed by atoms with van der Waals surface area (Å²) in [5, 5.41) is 3.34. The average molecular weight is 246 g/mol. The van der Waals surface area contributed by atoms with Gasteiger partial charge in [-0.3, -0.25) is 4.98 Å². The molecule has 2 saturated heterocycles. The summed E-state index contributed by atoms with van der Waals surface area (Å²) in [6.07, 6.45) is 1.79. The number of piperazine rings is 1. The molecule has 5 nitrogen and oxygen atoms in total. The largest absolute Gasteiger partial charge is 0.320 e. The first-order valence-corrected chi connectivity index (χ1v) is 6.42. The Morgan fingerprint density at radius 1 is 1.56 bits per heavy atom. The Hall–Kier alpha value is -1.62. The molecule has 0 bridgehead atoms. The van der Waals surface area contributed by atoms with Gasteiger partial charge in [-0.1, -0.05) is 6.07 Å². The van der Waals surface area contributed by atoms with Crippen LogP contribution in [0.15, 0.2) is 18.3 Å². The molecule has 0 aromatic carbocycles. The highest BCUT2D eigenvalue weighted by molar-refractivity contribution is 5.77. The highest BCUT2D eigenvalue weighted by Gasteiger charge is 2.38. The van der Waals surface area contributed by atoms with Gasteiger partial charge in [-0.25, -0.2) is 4.79 Å². The Labute approximate surface area is 107 Å². The van der Waals surface area contributed by atoms with Crippen LogP contribution in [0.2, 0.25) is 0 Å². The summed E-state index contributed by atoms with van der Waals surface area (Å²) in [6.45, 7) is 6.10. The van der Waals surface area contributed by atoms with Crippen LogP contribution in [-0.4, -0.2) is 53.0 Å². The number of pyridine rings is 1. The molecule has 5 heteroatoms. The van der Waals surface area contributed by atoms with Crippen molar-refractivity contribution in [1.29, 1.82) is 0 Å². The smallest absolute Gasteiger partial charge is 0.317 e. The Morgan fingerprint density at radius 2 is 2.44 bits per heavy atom. The number of carbonyl (C=O) groups is 1. The van der Waals surface area contributed by atoms with Crippen LogP contribution in [-0.2, 0) is 6.54 Å². The van der Waals surface area contributed by atoms with Crippen molar-refractivity contribution in [3.05, 3.63) is 29.6 Å². The molecule has 1 aromatic rings. The third kappa shape index (κ3) is 1.95. The fraction of sp³-hybridized carbons (Fsp3) is 0.538. The zero-order valence-corrected chi connectivity index (χ0v) is 10.6. The Kier molecular flexibility index (Phi) is 2.91. The van der Waals surface area contributed by atoms with E-state index in [2.05, 4.69) is 10.3 Å². The number of aryl methyl sites for hydroxylation is 1. The normalized spacial score (nSPS) is 23.4. The van der Waals surface area contributed by atoms with Gasteiger partial charge in [0, 0.05) is 32.4 Å². The van der Waals surface area contributed by atoms with E-state index in [0.29, 0.717) is 12.6 Å². The maximum atomic E-state index is 12.3. The number of rotatable bonds is 2. The third-order valence-electron chi connectivity index (χ3n) is 3.76. The number of carbonyl (C=O) groups excluding carboxylic acids is 1. The minimum atomic E-state index is 0.159. The van der Waals surface area contributed by atoms with Gasteiger partial charge in [0.2, 0.25) is 0 Å². The summed E-state index contributed by atoms with van der Waals surface area (Å²) >= 11 is 0. The molecule has 3 heterocycles. The molecular weight excluding hydrogens is 228 g/mol. The summed E-state index contributed by atoms with van der Waals surface area (Å²) in [7, 11) is 0. The van der Waals surface area contributed by atoms with Crippen molar-refractivity contribution in [2.45, 2.75) is 19.5 Å². The number of nitrogens with zero attached hydrogens (tertiary/aromatic N) is 3. The fourth-order valence-corrected chi connectivity index (χ4v) is 2.69. The average Bonchev–Trinajstić information content (AvgIpc) is 2.70. The quantitative estimate of drug-likeness (QED) is 0.831. The summed E-state index contributed by atoms with van der Waals surface area (Å²) in [5.74, 6) is 0. The van der Waals surface area contributed by atoms with Gasteiger partial charge >= 0.3 is 6.03 Å². The summed E-state index contributed by atoms with van der Waals surface area (Å²) in [6, 6.07) is 4.46. The second-order valence-electron chi connectivity index (χ2n) is 4.98. The van der Waals surface area contributed by atoms with Gasteiger partial charge in [-0.05, 0) is 18.6 Å². The monoisotopic (exact) mass is 246 g/mol. The zero-order valence-electron chi connectivity index (χ0n) is 10.6. The maximum Gasteiger partial charge on any atom is 0.320 e. The van der Waals surface area contributed by atoms with Gasteiger partial charge in [0.1, 0.15) is 0 Å². The highest BCUT2D eigenvalue weighted by Crippen LogP contribution is 2.20. The van der Waals surface area contributed by atoms with Gasteiger partial charge in [-0.15, -0.1) is 0 Å². The topological polar surface area (TPSA) is 48.5 Å². The molecule has 1 atom stereocenters. The van der Waals surface area contributed by atoms with Crippen molar-refractivity contribution < 1.29 is 4.79 Å². The number of urea groups is 1. The SMILES string of the molecule is Cc1cccnc1CN1CC2CNCCN2C1=O. The molecule has 2 aliphatic rings. The molecule has 2 amide bonds. The number of amides is 2. The van der Waals surface area contributed by atoms with E-state index in [9.17, 15) is 4.79 Å². The molecule has 0 saturated carbocycles. The van der Waals surface area contributed by atoms with E-state index in [1.165, 1.54) is 0 Å². The number of nitrogens with one attached hydrogen (secondary N) is 1. The van der Waals surface area contributed by atoms with Crippen LogP contribution in [0.25, 0.3) is 0 Å². The van der Waals surface area contributed by atoms with Crippen LogP contribution in [0.4, 0.5) is 4.79 Å². The van der Waals surface area contributed by atoms with E-state index < -0.39 is 0 Å². The lowest BCUT2D eigenvalue weighted by Gasteiger charge is -2.28. The predicted molar refractivity (Wildman–Crippen MR) is 68.1 cm³/mol. The minimum absolute atomic E-state index is 0.159. The van der Waals surface area contributed by atoms with E-state index >= 15 is 0 Å². The van der Waals surface area contributed by atoms with Crippen molar-refractivity contribution in [3.8, 4) is 0 Å². The molecule has 1 aromatic heterocycles. The van der Waals surface area contributed by atoms with Gasteiger partial charge in [0.25, 0.3) is 0 Å². The lowest BCUT2D eigenvalue weighted by Crippen LogP contribution is -2.49. The Bertz CT molecular complexity index is 462. The van der Waals surface area contributed by atoms with E-state index in [1.807, 2.05) is 28.9 Å². The third-order valence-corrected chi connectivity index (χ3v) is 3.76. The van der Waals surface area contributed by atoms with Crippen LogP contribution in [0, 0.1) is 6.92 Å². The first-order valence-electron chi connectivity index (χ1n) is 6.42. The standard InChI is InChI=1S/C13H18N4O/c1-10-3-2-4-15-12(10)9-16-8-11-7-14-5-6-17(11)13(16)18/h2-4,11,14H,5-9H2,1H3. The second-order valence-corrected chi connectivity index (χ2v) is 4.98. The number of hydrogen-bond acceptors (Lipinski definition) is 3. The molecule has 2 aliphatic heterocycles. The zero-order chi connectivity index (χ0) is 12.5. The van der Waals surface area contributed by atoms with Gasteiger partial charge in [0.15, 0.2) is 0 Å². The van der Waals surface area contributed by atoms with Crippen molar-refractivity contribution in [3.63, 3.8) is 0 Å². The van der Waals surface area contributed by atoms with Crippen LogP contribution < -0.4 is 5.32 Å². The summed E-state index contributed by atoms with van der Waals surface area (Å²) in [5.41, 5.74) is 2.15. The fourth-order valence-electron chi connectivity index (χ4n) is 2.69. The number of hydrogen-bond donors (Lipinski definition) is 1. The Morgan fingerprint density at radius 3 is 3.22 bits per heavy atom. The van der Waals surface area contributed by atoms with Crippen molar-refractivity contribution in [1.82, 2.24) is 20.1 Å². The molecule has 18 heavy (non-hydrogen) atoms. The molecule has 3 rings (SSSR count). The van der Waals surface area contributed by atoms with E-state index in [0.717, 1.165) is 37.4 Å². The van der Waals surface area contributed by atoms with Crippen LogP contribution in [0.5, 0.6) is 0 Å². The molecule has 0 radical (unpaired) electrons. The number of fused-ring (bicyclic) bond motifs is 1. The van der Waals surface area contributed by atoms with E-state index in [1.54, 1.807) is 6.20 Å². The van der Waals surface area contributed by atoms with Gasteiger partial charge in [-0.2, -0.15) is 0 Å². The Balaban J connectivity index is 1.74. The molecule has 1 N–H and O–H groups in total. The molecule has 0 aliphatic carbocycles. The summed E-state index contributed by atoms with van der Waals surface area (Å²) < 4.78 is 0. The molecule has 2 fully saturated rings. The van der Waals surface area contributed by atoms with E-state index in [-0.39, 0.29) is 6.03 Å². The molecular formula is C13H18N4O. The van der Waals surface area contributed by atoms with Crippen molar-refractivity contribution in [2.75, 3.05) is 26.2 Å². The molecule has 0 spiro atoms. The van der Waals surface area contributed by atoms with Gasteiger partial charge < -0.3 is 15.1 Å². The lowest BCUT2D eigenvalue weighted by molar-refractivity contribution is 0.178.